The molecule has 2 aromatic carbocycles. The lowest BCUT2D eigenvalue weighted by Gasteiger charge is -2.35. The van der Waals surface area contributed by atoms with E-state index in [1.807, 2.05) is 76.0 Å². The summed E-state index contributed by atoms with van der Waals surface area (Å²) in [6.45, 7) is 2.22. The number of para-hydroxylation sites is 1. The summed E-state index contributed by atoms with van der Waals surface area (Å²) in [5, 5.41) is 1.06. The first-order valence-electron chi connectivity index (χ1n) is 9.81. The van der Waals surface area contributed by atoms with Crippen molar-refractivity contribution in [2.24, 2.45) is 7.05 Å². The standard InChI is InChI=1S/C23H25N3O3/c1-24-20-6-4-3-5-18(20)16-21(24)23(28)26-13-11-25(12-14-26)22(27)15-17-7-9-19(29-2)10-8-17/h3-10,16H,11-15H2,1-2H3. The number of aromatic nitrogens is 1. The molecule has 0 saturated carbocycles. The van der Waals surface area contributed by atoms with Gasteiger partial charge < -0.3 is 19.1 Å². The summed E-state index contributed by atoms with van der Waals surface area (Å²) in [6.07, 6.45) is 0.362. The molecule has 150 valence electrons. The molecule has 4 rings (SSSR count). The Morgan fingerprint density at radius 1 is 0.931 bits per heavy atom. The predicted octanol–water partition coefficient (Wildman–Crippen LogP) is 2.71. The van der Waals surface area contributed by atoms with Crippen LogP contribution in [0.5, 0.6) is 5.75 Å². The molecule has 1 fully saturated rings. The van der Waals surface area contributed by atoms with Gasteiger partial charge in [-0.05, 0) is 29.8 Å². The summed E-state index contributed by atoms with van der Waals surface area (Å²) in [5.41, 5.74) is 2.69. The zero-order chi connectivity index (χ0) is 20.4. The number of carbonyl (C=O) groups excluding carboxylic acids is 2. The molecule has 3 aromatic rings. The number of amides is 2. The van der Waals surface area contributed by atoms with Crippen LogP contribution in [-0.2, 0) is 18.3 Å². The molecular weight excluding hydrogens is 366 g/mol. The lowest BCUT2D eigenvalue weighted by Crippen LogP contribution is -2.51. The third-order valence-electron chi connectivity index (χ3n) is 5.60. The van der Waals surface area contributed by atoms with Crippen molar-refractivity contribution in [2.75, 3.05) is 33.3 Å². The fourth-order valence-electron chi connectivity index (χ4n) is 3.84. The zero-order valence-corrected chi connectivity index (χ0v) is 16.8. The Morgan fingerprint density at radius 3 is 2.24 bits per heavy atom. The van der Waals surface area contributed by atoms with E-state index in [9.17, 15) is 9.59 Å². The molecule has 0 spiro atoms. The number of ether oxygens (including phenoxy) is 1. The van der Waals surface area contributed by atoms with E-state index in [-0.39, 0.29) is 11.8 Å². The molecule has 1 aliphatic rings. The SMILES string of the molecule is COc1ccc(CC(=O)N2CCN(C(=O)c3cc4ccccc4n3C)CC2)cc1. The summed E-state index contributed by atoms with van der Waals surface area (Å²) < 4.78 is 7.10. The van der Waals surface area contributed by atoms with Gasteiger partial charge in [-0.15, -0.1) is 0 Å². The molecule has 0 radical (unpaired) electrons. The topological polar surface area (TPSA) is 54.8 Å². The molecule has 0 N–H and O–H groups in total. The number of benzene rings is 2. The first-order chi connectivity index (χ1) is 14.1. The van der Waals surface area contributed by atoms with Crippen molar-refractivity contribution in [1.29, 1.82) is 0 Å². The lowest BCUT2D eigenvalue weighted by molar-refractivity contribution is -0.131. The smallest absolute Gasteiger partial charge is 0.270 e. The monoisotopic (exact) mass is 391 g/mol. The van der Waals surface area contributed by atoms with Crippen LogP contribution in [0.15, 0.2) is 54.6 Å². The van der Waals surface area contributed by atoms with Crippen molar-refractivity contribution < 1.29 is 14.3 Å². The molecule has 29 heavy (non-hydrogen) atoms. The fraction of sp³-hybridized carbons (Fsp3) is 0.304. The van der Waals surface area contributed by atoms with Crippen LogP contribution < -0.4 is 4.74 Å². The number of rotatable bonds is 4. The second-order valence-electron chi connectivity index (χ2n) is 7.35. The van der Waals surface area contributed by atoms with E-state index in [1.165, 1.54) is 0 Å². The number of carbonyl (C=O) groups is 2. The molecule has 1 saturated heterocycles. The molecule has 0 atom stereocenters. The predicted molar refractivity (Wildman–Crippen MR) is 112 cm³/mol. The van der Waals surface area contributed by atoms with Crippen molar-refractivity contribution in [3.8, 4) is 5.75 Å². The number of aryl methyl sites for hydroxylation is 1. The van der Waals surface area contributed by atoms with Gasteiger partial charge in [0.05, 0.1) is 13.5 Å². The second kappa shape index (κ2) is 7.99. The molecule has 6 nitrogen and oxygen atoms in total. The summed E-state index contributed by atoms with van der Waals surface area (Å²) in [5.74, 6) is 0.888. The Balaban J connectivity index is 1.37. The van der Waals surface area contributed by atoms with Crippen LogP contribution in [0, 0.1) is 0 Å². The molecule has 2 heterocycles. The summed E-state index contributed by atoms with van der Waals surface area (Å²) in [7, 11) is 3.54. The van der Waals surface area contributed by atoms with Gasteiger partial charge >= 0.3 is 0 Å². The maximum Gasteiger partial charge on any atom is 0.270 e. The van der Waals surface area contributed by atoms with E-state index in [1.54, 1.807) is 7.11 Å². The number of fused-ring (bicyclic) bond motifs is 1. The number of methoxy groups -OCH3 is 1. The van der Waals surface area contributed by atoms with Gasteiger partial charge in [0.25, 0.3) is 5.91 Å². The van der Waals surface area contributed by atoms with Gasteiger partial charge in [-0.25, -0.2) is 0 Å². The van der Waals surface area contributed by atoms with E-state index in [4.69, 9.17) is 4.74 Å². The number of hydrogen-bond donors (Lipinski definition) is 0. The molecule has 2 amide bonds. The van der Waals surface area contributed by atoms with Crippen LogP contribution in [0.3, 0.4) is 0 Å². The largest absolute Gasteiger partial charge is 0.497 e. The van der Waals surface area contributed by atoms with Gasteiger partial charge in [0.1, 0.15) is 11.4 Å². The van der Waals surface area contributed by atoms with E-state index >= 15 is 0 Å². The average molecular weight is 391 g/mol. The second-order valence-corrected chi connectivity index (χ2v) is 7.35. The Hall–Kier alpha value is -3.28. The van der Waals surface area contributed by atoms with Gasteiger partial charge in [0, 0.05) is 44.1 Å². The Morgan fingerprint density at radius 2 is 1.59 bits per heavy atom. The molecule has 0 aliphatic carbocycles. The molecule has 1 aliphatic heterocycles. The maximum absolute atomic E-state index is 13.0. The lowest BCUT2D eigenvalue weighted by atomic mass is 10.1. The quantitative estimate of drug-likeness (QED) is 0.687. The Kier molecular flexibility index (Phi) is 5.25. The summed E-state index contributed by atoms with van der Waals surface area (Å²) >= 11 is 0. The number of piperazine rings is 1. The van der Waals surface area contributed by atoms with E-state index in [0.717, 1.165) is 22.2 Å². The van der Waals surface area contributed by atoms with Crippen molar-refractivity contribution in [3.05, 3.63) is 65.9 Å². The van der Waals surface area contributed by atoms with Crippen molar-refractivity contribution >= 4 is 22.7 Å². The van der Waals surface area contributed by atoms with Crippen LogP contribution in [0.2, 0.25) is 0 Å². The van der Waals surface area contributed by atoms with Gasteiger partial charge in [0.2, 0.25) is 5.91 Å². The van der Waals surface area contributed by atoms with Gasteiger partial charge in [0.15, 0.2) is 0 Å². The molecule has 0 unspecified atom stereocenters. The van der Waals surface area contributed by atoms with Gasteiger partial charge in [-0.2, -0.15) is 0 Å². The Labute approximate surface area is 170 Å². The van der Waals surface area contributed by atoms with Crippen LogP contribution in [0.4, 0.5) is 0 Å². The minimum absolute atomic E-state index is 0.0194. The third-order valence-corrected chi connectivity index (χ3v) is 5.60. The minimum atomic E-state index is 0.0194. The molecule has 6 heteroatoms. The summed E-state index contributed by atoms with van der Waals surface area (Å²) in [4.78, 5) is 29.3. The Bertz CT molecular complexity index is 1030. The van der Waals surface area contributed by atoms with Crippen LogP contribution in [0.25, 0.3) is 10.9 Å². The highest BCUT2D eigenvalue weighted by atomic mass is 16.5. The van der Waals surface area contributed by atoms with Crippen molar-refractivity contribution in [1.82, 2.24) is 14.4 Å². The average Bonchev–Trinajstić information content (AvgIpc) is 3.10. The van der Waals surface area contributed by atoms with Crippen LogP contribution in [0.1, 0.15) is 16.1 Å². The number of nitrogens with zero attached hydrogens (tertiary/aromatic N) is 3. The fourth-order valence-corrected chi connectivity index (χ4v) is 3.84. The van der Waals surface area contributed by atoms with Crippen molar-refractivity contribution in [3.63, 3.8) is 0 Å². The van der Waals surface area contributed by atoms with Crippen LogP contribution in [-0.4, -0.2) is 59.5 Å². The van der Waals surface area contributed by atoms with Crippen molar-refractivity contribution in [2.45, 2.75) is 6.42 Å². The molecule has 1 aromatic heterocycles. The highest BCUT2D eigenvalue weighted by Gasteiger charge is 2.26. The van der Waals surface area contributed by atoms with E-state index < -0.39 is 0 Å². The number of hydrogen-bond acceptors (Lipinski definition) is 3. The highest BCUT2D eigenvalue weighted by molar-refractivity contribution is 5.98. The maximum atomic E-state index is 13.0. The molecule has 0 bridgehead atoms. The minimum Gasteiger partial charge on any atom is -0.497 e. The first kappa shape index (κ1) is 19.1. The van der Waals surface area contributed by atoms with Gasteiger partial charge in [-0.3, -0.25) is 9.59 Å². The van der Waals surface area contributed by atoms with E-state index in [2.05, 4.69) is 0 Å². The highest BCUT2D eigenvalue weighted by Crippen LogP contribution is 2.20. The molecular formula is C23H25N3O3. The first-order valence-corrected chi connectivity index (χ1v) is 9.81. The normalized spacial score (nSPS) is 14.3. The van der Waals surface area contributed by atoms with Crippen LogP contribution >= 0.6 is 0 Å². The van der Waals surface area contributed by atoms with Gasteiger partial charge in [-0.1, -0.05) is 30.3 Å². The summed E-state index contributed by atoms with van der Waals surface area (Å²) in [6, 6.07) is 17.5. The zero-order valence-electron chi connectivity index (χ0n) is 16.8. The third kappa shape index (κ3) is 3.83. The van der Waals surface area contributed by atoms with E-state index in [0.29, 0.717) is 38.3 Å².